The first kappa shape index (κ1) is 18.6. The van der Waals surface area contributed by atoms with Crippen molar-refractivity contribution >= 4 is 5.97 Å². The molecule has 0 radical (unpaired) electrons. The van der Waals surface area contributed by atoms with Crippen molar-refractivity contribution in [1.29, 1.82) is 0 Å². The molecule has 0 spiro atoms. The summed E-state index contributed by atoms with van der Waals surface area (Å²) in [4.78, 5) is 16.7. The van der Waals surface area contributed by atoms with E-state index in [1.807, 2.05) is 31.2 Å². The van der Waals surface area contributed by atoms with Gasteiger partial charge in [-0.3, -0.25) is 4.90 Å². The zero-order valence-corrected chi connectivity index (χ0v) is 15.6. The second kappa shape index (κ2) is 9.51. The van der Waals surface area contributed by atoms with Crippen LogP contribution in [0.15, 0.2) is 54.6 Å². The van der Waals surface area contributed by atoms with Gasteiger partial charge in [0.05, 0.1) is 12.2 Å². The average Bonchev–Trinajstić information content (AvgIpc) is 2.69. The van der Waals surface area contributed by atoms with Gasteiger partial charge >= 0.3 is 5.97 Å². The molecule has 3 rings (SSSR count). The molecule has 0 saturated carbocycles. The van der Waals surface area contributed by atoms with Crippen LogP contribution in [0.3, 0.4) is 0 Å². The van der Waals surface area contributed by atoms with Gasteiger partial charge in [0, 0.05) is 39.3 Å². The van der Waals surface area contributed by atoms with E-state index in [0.29, 0.717) is 12.2 Å². The maximum Gasteiger partial charge on any atom is 0.338 e. The maximum atomic E-state index is 11.7. The van der Waals surface area contributed by atoms with Crippen LogP contribution in [0.4, 0.5) is 0 Å². The van der Waals surface area contributed by atoms with Crippen molar-refractivity contribution in [2.24, 2.45) is 0 Å². The molecular formula is C22H28N2O2. The fraction of sp³-hybridized carbons (Fsp3) is 0.409. The molecular weight excluding hydrogens is 324 g/mol. The van der Waals surface area contributed by atoms with Crippen molar-refractivity contribution in [1.82, 2.24) is 9.80 Å². The quantitative estimate of drug-likeness (QED) is 0.717. The molecule has 0 unspecified atom stereocenters. The monoisotopic (exact) mass is 352 g/mol. The van der Waals surface area contributed by atoms with Gasteiger partial charge in [0.1, 0.15) is 0 Å². The molecule has 0 aromatic heterocycles. The van der Waals surface area contributed by atoms with Crippen LogP contribution in [0.25, 0.3) is 0 Å². The molecule has 1 fully saturated rings. The van der Waals surface area contributed by atoms with Gasteiger partial charge in [-0.25, -0.2) is 4.79 Å². The molecule has 138 valence electrons. The number of hydrogen-bond donors (Lipinski definition) is 0. The summed E-state index contributed by atoms with van der Waals surface area (Å²) in [5.74, 6) is -0.242. The highest BCUT2D eigenvalue weighted by molar-refractivity contribution is 5.89. The molecule has 0 bridgehead atoms. The predicted octanol–water partition coefficient (Wildman–Crippen LogP) is 3.22. The Labute approximate surface area is 156 Å². The number of hydrogen-bond acceptors (Lipinski definition) is 4. The number of rotatable bonds is 7. The first-order chi connectivity index (χ1) is 12.7. The van der Waals surface area contributed by atoms with E-state index in [9.17, 15) is 4.79 Å². The fourth-order valence-electron chi connectivity index (χ4n) is 3.32. The molecule has 0 amide bonds. The summed E-state index contributed by atoms with van der Waals surface area (Å²) >= 11 is 0. The molecule has 1 heterocycles. The zero-order valence-electron chi connectivity index (χ0n) is 15.6. The van der Waals surface area contributed by atoms with E-state index in [0.717, 1.165) is 45.7 Å². The molecule has 26 heavy (non-hydrogen) atoms. The highest BCUT2D eigenvalue weighted by atomic mass is 16.5. The first-order valence-corrected chi connectivity index (χ1v) is 9.49. The average molecular weight is 352 g/mol. The molecule has 1 aliphatic heterocycles. The lowest BCUT2D eigenvalue weighted by molar-refractivity contribution is 0.0526. The Bertz CT molecular complexity index is 677. The summed E-state index contributed by atoms with van der Waals surface area (Å²) < 4.78 is 5.02. The molecule has 1 aliphatic rings. The summed E-state index contributed by atoms with van der Waals surface area (Å²) in [7, 11) is 0. The highest BCUT2D eigenvalue weighted by Crippen LogP contribution is 2.11. The lowest BCUT2D eigenvalue weighted by Crippen LogP contribution is -2.46. The Kier molecular flexibility index (Phi) is 6.81. The third kappa shape index (κ3) is 5.41. The normalized spacial score (nSPS) is 15.7. The Morgan fingerprint density at radius 1 is 0.885 bits per heavy atom. The third-order valence-electron chi connectivity index (χ3n) is 4.90. The van der Waals surface area contributed by atoms with Crippen LogP contribution in [-0.4, -0.2) is 55.1 Å². The van der Waals surface area contributed by atoms with Gasteiger partial charge < -0.3 is 9.64 Å². The van der Waals surface area contributed by atoms with E-state index in [1.54, 1.807) is 0 Å². The van der Waals surface area contributed by atoms with E-state index < -0.39 is 0 Å². The molecule has 2 aromatic rings. The Morgan fingerprint density at radius 2 is 1.54 bits per heavy atom. The number of esters is 1. The molecule has 1 saturated heterocycles. The van der Waals surface area contributed by atoms with Crippen LogP contribution in [0.5, 0.6) is 0 Å². The van der Waals surface area contributed by atoms with Gasteiger partial charge in [-0.05, 0) is 36.6 Å². The van der Waals surface area contributed by atoms with E-state index in [4.69, 9.17) is 4.74 Å². The van der Waals surface area contributed by atoms with Crippen molar-refractivity contribution in [3.05, 3.63) is 71.3 Å². The summed E-state index contributed by atoms with van der Waals surface area (Å²) in [6, 6.07) is 18.5. The van der Waals surface area contributed by atoms with Crippen LogP contribution < -0.4 is 0 Å². The molecule has 4 nitrogen and oxygen atoms in total. The van der Waals surface area contributed by atoms with Crippen molar-refractivity contribution in [3.63, 3.8) is 0 Å². The second-order valence-electron chi connectivity index (χ2n) is 6.77. The summed E-state index contributed by atoms with van der Waals surface area (Å²) in [5.41, 5.74) is 3.29. The van der Waals surface area contributed by atoms with E-state index in [1.165, 1.54) is 11.1 Å². The zero-order chi connectivity index (χ0) is 18.2. The minimum atomic E-state index is -0.242. The van der Waals surface area contributed by atoms with Crippen molar-refractivity contribution in [2.45, 2.75) is 19.9 Å². The topological polar surface area (TPSA) is 32.8 Å². The van der Waals surface area contributed by atoms with Gasteiger partial charge in [-0.2, -0.15) is 0 Å². The maximum absolute atomic E-state index is 11.7. The summed E-state index contributed by atoms with van der Waals surface area (Å²) in [6.07, 6.45) is 1.02. The summed E-state index contributed by atoms with van der Waals surface area (Å²) in [6.45, 7) is 8.83. The van der Waals surface area contributed by atoms with Gasteiger partial charge in [0.25, 0.3) is 0 Å². The van der Waals surface area contributed by atoms with E-state index >= 15 is 0 Å². The number of benzene rings is 2. The molecule has 2 aromatic carbocycles. The van der Waals surface area contributed by atoms with Gasteiger partial charge in [0.2, 0.25) is 0 Å². The van der Waals surface area contributed by atoms with Crippen molar-refractivity contribution < 1.29 is 9.53 Å². The SMILES string of the molecule is CCOC(=O)c1ccc(CCN2CCN(Cc3ccccc3)CC2)cc1. The molecule has 0 atom stereocenters. The van der Waals surface area contributed by atoms with Crippen LogP contribution in [0.2, 0.25) is 0 Å². The van der Waals surface area contributed by atoms with Crippen LogP contribution in [-0.2, 0) is 17.7 Å². The smallest absolute Gasteiger partial charge is 0.338 e. The molecule has 0 aliphatic carbocycles. The Morgan fingerprint density at radius 3 is 2.19 bits per heavy atom. The lowest BCUT2D eigenvalue weighted by atomic mass is 10.1. The second-order valence-corrected chi connectivity index (χ2v) is 6.77. The number of piperazine rings is 1. The van der Waals surface area contributed by atoms with Gasteiger partial charge in [-0.15, -0.1) is 0 Å². The number of carbonyl (C=O) groups is 1. The van der Waals surface area contributed by atoms with Crippen LogP contribution in [0, 0.1) is 0 Å². The number of ether oxygens (including phenoxy) is 1. The first-order valence-electron chi connectivity index (χ1n) is 9.49. The summed E-state index contributed by atoms with van der Waals surface area (Å²) in [5, 5.41) is 0. The van der Waals surface area contributed by atoms with E-state index in [2.05, 4.69) is 40.1 Å². The van der Waals surface area contributed by atoms with Gasteiger partial charge in [-0.1, -0.05) is 42.5 Å². The van der Waals surface area contributed by atoms with Crippen molar-refractivity contribution in [2.75, 3.05) is 39.3 Å². The van der Waals surface area contributed by atoms with E-state index in [-0.39, 0.29) is 5.97 Å². The number of carbonyl (C=O) groups excluding carboxylic acids is 1. The van der Waals surface area contributed by atoms with Gasteiger partial charge in [0.15, 0.2) is 0 Å². The Balaban J connectivity index is 1.40. The highest BCUT2D eigenvalue weighted by Gasteiger charge is 2.16. The Hall–Kier alpha value is -2.17. The largest absolute Gasteiger partial charge is 0.462 e. The van der Waals surface area contributed by atoms with Crippen LogP contribution in [0.1, 0.15) is 28.4 Å². The molecule has 0 N–H and O–H groups in total. The fourth-order valence-corrected chi connectivity index (χ4v) is 3.32. The minimum Gasteiger partial charge on any atom is -0.462 e. The minimum absolute atomic E-state index is 0.242. The van der Waals surface area contributed by atoms with Crippen LogP contribution >= 0.6 is 0 Å². The lowest BCUT2D eigenvalue weighted by Gasteiger charge is -2.34. The predicted molar refractivity (Wildman–Crippen MR) is 104 cm³/mol. The number of nitrogens with zero attached hydrogens (tertiary/aromatic N) is 2. The standard InChI is InChI=1S/C22H28N2O2/c1-2-26-22(25)21-10-8-19(9-11-21)12-13-23-14-16-24(17-15-23)18-20-6-4-3-5-7-20/h3-11H,2,12-18H2,1H3. The van der Waals surface area contributed by atoms with Crippen molar-refractivity contribution in [3.8, 4) is 0 Å². The molecule has 4 heteroatoms. The third-order valence-corrected chi connectivity index (χ3v) is 4.90.